The zero-order valence-electron chi connectivity index (χ0n) is 15.6. The Hall–Kier alpha value is -3.42. The highest BCUT2D eigenvalue weighted by Crippen LogP contribution is 2.21. The number of carbonyl (C=O) groups excluding carboxylic acids is 1. The molecule has 1 saturated heterocycles. The largest absolute Gasteiger partial charge is 0.481 e. The van der Waals surface area contributed by atoms with Crippen LogP contribution in [0.5, 0.6) is 5.88 Å². The summed E-state index contributed by atoms with van der Waals surface area (Å²) in [6, 6.07) is 13.1. The van der Waals surface area contributed by atoms with Gasteiger partial charge < -0.3 is 19.1 Å². The van der Waals surface area contributed by atoms with Crippen LogP contribution in [0.3, 0.4) is 0 Å². The van der Waals surface area contributed by atoms with E-state index in [9.17, 15) is 4.79 Å². The maximum absolute atomic E-state index is 12.8. The molecule has 3 heterocycles. The van der Waals surface area contributed by atoms with E-state index < -0.39 is 0 Å². The van der Waals surface area contributed by atoms with Gasteiger partial charge >= 0.3 is 0 Å². The minimum atomic E-state index is -0.0323. The summed E-state index contributed by atoms with van der Waals surface area (Å²) in [4.78, 5) is 25.3. The molecule has 1 aliphatic heterocycles. The van der Waals surface area contributed by atoms with Crippen LogP contribution in [0.15, 0.2) is 53.2 Å². The number of nitrogens with zero attached hydrogens (tertiary/aromatic N) is 5. The monoisotopic (exact) mass is 379 g/mol. The molecule has 1 aliphatic rings. The molecule has 1 amide bonds. The van der Waals surface area contributed by atoms with Crippen molar-refractivity contribution in [3.8, 4) is 17.3 Å². The third kappa shape index (κ3) is 3.80. The maximum Gasteiger partial charge on any atom is 0.266 e. The fourth-order valence-electron chi connectivity index (χ4n) is 3.17. The Morgan fingerprint density at radius 1 is 1.07 bits per heavy atom. The van der Waals surface area contributed by atoms with Gasteiger partial charge in [-0.1, -0.05) is 18.2 Å². The normalized spacial score (nSPS) is 14.6. The average molecular weight is 379 g/mol. The van der Waals surface area contributed by atoms with Crippen molar-refractivity contribution < 1.29 is 14.1 Å². The maximum atomic E-state index is 12.8. The molecule has 1 fully saturated rings. The van der Waals surface area contributed by atoms with Gasteiger partial charge in [0, 0.05) is 44.0 Å². The molecular formula is C20H21N5O3. The van der Waals surface area contributed by atoms with Crippen molar-refractivity contribution >= 4 is 11.9 Å². The van der Waals surface area contributed by atoms with Crippen molar-refractivity contribution in [2.24, 2.45) is 0 Å². The first-order valence-corrected chi connectivity index (χ1v) is 9.18. The van der Waals surface area contributed by atoms with Crippen LogP contribution >= 0.6 is 0 Å². The van der Waals surface area contributed by atoms with Gasteiger partial charge in [0.1, 0.15) is 0 Å². The van der Waals surface area contributed by atoms with Crippen molar-refractivity contribution in [3.63, 3.8) is 0 Å². The molecule has 0 unspecified atom stereocenters. The molecule has 2 aromatic heterocycles. The molecule has 4 rings (SSSR count). The summed E-state index contributed by atoms with van der Waals surface area (Å²) in [5, 5.41) is 4.12. The minimum Gasteiger partial charge on any atom is -0.481 e. The van der Waals surface area contributed by atoms with E-state index in [1.165, 1.54) is 0 Å². The van der Waals surface area contributed by atoms with Gasteiger partial charge in [-0.2, -0.15) is 4.98 Å². The van der Waals surface area contributed by atoms with Gasteiger partial charge in [-0.3, -0.25) is 4.79 Å². The number of methoxy groups -OCH3 is 1. The van der Waals surface area contributed by atoms with Crippen LogP contribution in [0.2, 0.25) is 0 Å². The summed E-state index contributed by atoms with van der Waals surface area (Å²) in [6.45, 7) is 2.66. The molecule has 0 N–H and O–H groups in total. The highest BCUT2D eigenvalue weighted by atomic mass is 16.5. The Balaban J connectivity index is 1.42. The highest BCUT2D eigenvalue weighted by molar-refractivity contribution is 5.94. The number of amides is 1. The number of anilines is 1. The molecule has 0 bridgehead atoms. The third-order valence-electron chi connectivity index (χ3n) is 4.69. The molecule has 0 aliphatic carbocycles. The fourth-order valence-corrected chi connectivity index (χ4v) is 3.17. The second-order valence-electron chi connectivity index (χ2n) is 6.49. The lowest BCUT2D eigenvalue weighted by Crippen LogP contribution is -2.35. The van der Waals surface area contributed by atoms with Crippen molar-refractivity contribution in [1.29, 1.82) is 0 Å². The predicted molar refractivity (Wildman–Crippen MR) is 103 cm³/mol. The number of carbonyl (C=O) groups is 1. The molecule has 8 heteroatoms. The number of hydrogen-bond acceptors (Lipinski definition) is 7. The molecule has 0 radical (unpaired) electrons. The first kappa shape index (κ1) is 18.0. The van der Waals surface area contributed by atoms with E-state index in [2.05, 4.69) is 20.0 Å². The number of rotatable bonds is 4. The standard InChI is InChI=1S/C20H21N5O3/c1-27-17-9-8-16(14-21-17)19(26)24-10-5-11-25(13-12-24)20-22-18(28-23-20)15-6-3-2-4-7-15/h2-4,6-9,14H,5,10-13H2,1H3. The lowest BCUT2D eigenvalue weighted by Gasteiger charge is -2.21. The Labute approximate surface area is 162 Å². The van der Waals surface area contributed by atoms with Gasteiger partial charge in [0.05, 0.1) is 12.7 Å². The summed E-state index contributed by atoms with van der Waals surface area (Å²) in [7, 11) is 1.55. The van der Waals surface area contributed by atoms with Crippen molar-refractivity contribution in [1.82, 2.24) is 20.0 Å². The lowest BCUT2D eigenvalue weighted by molar-refractivity contribution is 0.0766. The van der Waals surface area contributed by atoms with E-state index in [4.69, 9.17) is 9.26 Å². The van der Waals surface area contributed by atoms with Gasteiger partial charge in [-0.05, 0) is 29.8 Å². The van der Waals surface area contributed by atoms with Gasteiger partial charge in [-0.15, -0.1) is 0 Å². The van der Waals surface area contributed by atoms with Crippen LogP contribution in [0.4, 0.5) is 5.95 Å². The Morgan fingerprint density at radius 3 is 2.68 bits per heavy atom. The molecule has 0 saturated carbocycles. The summed E-state index contributed by atoms with van der Waals surface area (Å²) >= 11 is 0. The lowest BCUT2D eigenvalue weighted by atomic mass is 10.2. The quantitative estimate of drug-likeness (QED) is 0.688. The van der Waals surface area contributed by atoms with E-state index in [1.807, 2.05) is 35.2 Å². The highest BCUT2D eigenvalue weighted by Gasteiger charge is 2.23. The smallest absolute Gasteiger partial charge is 0.266 e. The fraction of sp³-hybridized carbons (Fsp3) is 0.300. The molecule has 0 atom stereocenters. The molecule has 1 aromatic carbocycles. The van der Waals surface area contributed by atoms with Gasteiger partial charge in [-0.25, -0.2) is 4.98 Å². The third-order valence-corrected chi connectivity index (χ3v) is 4.69. The second-order valence-corrected chi connectivity index (χ2v) is 6.49. The van der Waals surface area contributed by atoms with E-state index in [-0.39, 0.29) is 5.91 Å². The zero-order chi connectivity index (χ0) is 19.3. The van der Waals surface area contributed by atoms with E-state index in [0.29, 0.717) is 42.9 Å². The van der Waals surface area contributed by atoms with Crippen molar-refractivity contribution in [2.45, 2.75) is 6.42 Å². The number of hydrogen-bond donors (Lipinski definition) is 0. The Morgan fingerprint density at radius 2 is 1.93 bits per heavy atom. The molecule has 8 nitrogen and oxygen atoms in total. The van der Waals surface area contributed by atoms with Crippen molar-refractivity contribution in [2.75, 3.05) is 38.2 Å². The average Bonchev–Trinajstić information content (AvgIpc) is 3.12. The molecular weight excluding hydrogens is 358 g/mol. The topological polar surface area (TPSA) is 84.6 Å². The van der Waals surface area contributed by atoms with Crippen LogP contribution in [-0.4, -0.2) is 59.2 Å². The van der Waals surface area contributed by atoms with Crippen LogP contribution < -0.4 is 9.64 Å². The summed E-state index contributed by atoms with van der Waals surface area (Å²) in [5.41, 5.74) is 1.44. The molecule has 28 heavy (non-hydrogen) atoms. The van der Waals surface area contributed by atoms with Gasteiger partial charge in [0.25, 0.3) is 17.7 Å². The van der Waals surface area contributed by atoms with E-state index in [1.54, 1.807) is 25.4 Å². The van der Waals surface area contributed by atoms with Crippen LogP contribution in [0.25, 0.3) is 11.5 Å². The van der Waals surface area contributed by atoms with Gasteiger partial charge in [0.2, 0.25) is 5.88 Å². The second kappa shape index (κ2) is 8.08. The van der Waals surface area contributed by atoms with Crippen LogP contribution in [-0.2, 0) is 0 Å². The predicted octanol–water partition coefficient (Wildman–Crippen LogP) is 2.49. The number of pyridine rings is 1. The summed E-state index contributed by atoms with van der Waals surface area (Å²) < 4.78 is 10.5. The van der Waals surface area contributed by atoms with Crippen LogP contribution in [0.1, 0.15) is 16.8 Å². The van der Waals surface area contributed by atoms with Gasteiger partial charge in [0.15, 0.2) is 0 Å². The molecule has 3 aromatic rings. The molecule has 144 valence electrons. The summed E-state index contributed by atoms with van der Waals surface area (Å²) in [6.07, 6.45) is 2.37. The summed E-state index contributed by atoms with van der Waals surface area (Å²) in [5.74, 6) is 1.51. The SMILES string of the molecule is COc1ccc(C(=O)N2CCCN(c3noc(-c4ccccc4)n3)CC2)cn1. The number of ether oxygens (including phenoxy) is 1. The number of aromatic nitrogens is 3. The first-order chi connectivity index (χ1) is 13.7. The van der Waals surface area contributed by atoms with E-state index in [0.717, 1.165) is 18.5 Å². The number of benzene rings is 1. The first-order valence-electron chi connectivity index (χ1n) is 9.18. The minimum absolute atomic E-state index is 0.0323. The van der Waals surface area contributed by atoms with Crippen LogP contribution in [0, 0.1) is 0 Å². The Bertz CT molecular complexity index is 927. The van der Waals surface area contributed by atoms with E-state index >= 15 is 0 Å². The van der Waals surface area contributed by atoms with Crippen molar-refractivity contribution in [3.05, 3.63) is 54.2 Å². The molecule has 0 spiro atoms. The zero-order valence-corrected chi connectivity index (χ0v) is 15.6. The Kier molecular flexibility index (Phi) is 5.18.